The van der Waals surface area contributed by atoms with E-state index in [4.69, 9.17) is 21.1 Å². The highest BCUT2D eigenvalue weighted by molar-refractivity contribution is 6.31. The van der Waals surface area contributed by atoms with Crippen molar-refractivity contribution in [1.29, 1.82) is 0 Å². The van der Waals surface area contributed by atoms with E-state index in [9.17, 15) is 9.59 Å². The Morgan fingerprint density at radius 2 is 1.90 bits per heavy atom. The fourth-order valence-corrected chi connectivity index (χ4v) is 3.32. The third kappa shape index (κ3) is 6.51. The van der Waals surface area contributed by atoms with E-state index in [0.29, 0.717) is 48.6 Å². The van der Waals surface area contributed by atoms with Crippen LogP contribution in [-0.4, -0.2) is 67.7 Å². The maximum atomic E-state index is 12.8. The van der Waals surface area contributed by atoms with Crippen molar-refractivity contribution in [2.75, 3.05) is 45.2 Å². The molecular weight excluding hydrogens is 394 g/mol. The summed E-state index contributed by atoms with van der Waals surface area (Å²) in [5, 5.41) is 3.53. The number of nitrogens with one attached hydrogen (secondary N) is 1. The number of nitrogens with zero attached hydrogens (tertiary/aromatic N) is 2. The number of methoxy groups -OCH3 is 1. The second kappa shape index (κ2) is 10.7. The van der Waals surface area contributed by atoms with Gasteiger partial charge in [0.1, 0.15) is 5.75 Å². The molecule has 1 N–H and O–H groups in total. The van der Waals surface area contributed by atoms with E-state index in [1.807, 2.05) is 27.7 Å². The second-order valence-electron chi connectivity index (χ2n) is 7.81. The van der Waals surface area contributed by atoms with Crippen molar-refractivity contribution in [3.63, 3.8) is 0 Å². The Hall–Kier alpha value is -1.99. The van der Waals surface area contributed by atoms with Crippen molar-refractivity contribution >= 4 is 29.3 Å². The molecule has 1 atom stereocenters. The summed E-state index contributed by atoms with van der Waals surface area (Å²) >= 11 is 6.14. The van der Waals surface area contributed by atoms with Crippen LogP contribution < -0.4 is 10.1 Å². The van der Waals surface area contributed by atoms with Crippen LogP contribution in [0.1, 0.15) is 32.8 Å². The molecule has 1 unspecified atom stereocenters. The van der Waals surface area contributed by atoms with E-state index in [2.05, 4.69) is 10.2 Å². The van der Waals surface area contributed by atoms with Crippen molar-refractivity contribution < 1.29 is 19.1 Å². The van der Waals surface area contributed by atoms with Crippen LogP contribution in [0.25, 0.3) is 0 Å². The van der Waals surface area contributed by atoms with Gasteiger partial charge in [-0.15, -0.1) is 0 Å². The maximum Gasteiger partial charge on any atom is 0.409 e. The number of carbonyl (C=O) groups is 2. The molecule has 1 aromatic rings. The summed E-state index contributed by atoms with van der Waals surface area (Å²) < 4.78 is 10.7. The van der Waals surface area contributed by atoms with Crippen LogP contribution in [0.15, 0.2) is 12.1 Å². The molecule has 0 bridgehead atoms. The molecule has 8 heteroatoms. The van der Waals surface area contributed by atoms with Gasteiger partial charge in [-0.25, -0.2) is 4.79 Å². The molecule has 1 aliphatic rings. The quantitative estimate of drug-likeness (QED) is 0.750. The average Bonchev–Trinajstić information content (AvgIpc) is 2.94. The van der Waals surface area contributed by atoms with Gasteiger partial charge in [0.15, 0.2) is 0 Å². The number of hydrogen-bond acceptors (Lipinski definition) is 5. The molecule has 162 valence electrons. The first kappa shape index (κ1) is 23.3. The largest absolute Gasteiger partial charge is 0.495 e. The second-order valence-corrected chi connectivity index (χ2v) is 8.22. The lowest BCUT2D eigenvalue weighted by Gasteiger charge is -2.27. The summed E-state index contributed by atoms with van der Waals surface area (Å²) in [7, 11) is 1.54. The van der Waals surface area contributed by atoms with Crippen molar-refractivity contribution in [3.05, 3.63) is 22.7 Å². The van der Waals surface area contributed by atoms with Crippen molar-refractivity contribution in [1.82, 2.24) is 9.80 Å². The predicted molar refractivity (Wildman–Crippen MR) is 115 cm³/mol. The number of aryl methyl sites for hydroxylation is 1. The first-order valence-electron chi connectivity index (χ1n) is 10.0. The molecule has 29 heavy (non-hydrogen) atoms. The van der Waals surface area contributed by atoms with Gasteiger partial charge in [0, 0.05) is 37.3 Å². The molecular formula is C21H32ClN3O4. The molecule has 1 saturated heterocycles. The van der Waals surface area contributed by atoms with Gasteiger partial charge in [0.05, 0.1) is 25.4 Å². The van der Waals surface area contributed by atoms with E-state index in [1.54, 1.807) is 24.1 Å². The van der Waals surface area contributed by atoms with Gasteiger partial charge < -0.3 is 19.7 Å². The van der Waals surface area contributed by atoms with E-state index in [1.165, 1.54) is 0 Å². The highest BCUT2D eigenvalue weighted by Crippen LogP contribution is 2.31. The molecule has 1 aromatic carbocycles. The molecule has 1 heterocycles. The minimum Gasteiger partial charge on any atom is -0.495 e. The molecule has 0 radical (unpaired) electrons. The normalized spacial score (nSPS) is 16.3. The van der Waals surface area contributed by atoms with Crippen LogP contribution in [0.3, 0.4) is 0 Å². The minimum atomic E-state index is -0.345. The molecule has 0 aromatic heterocycles. The zero-order chi connectivity index (χ0) is 21.6. The number of hydrogen-bond donors (Lipinski definition) is 1. The lowest BCUT2D eigenvalue weighted by Crippen LogP contribution is -2.44. The molecule has 2 rings (SSSR count). The fourth-order valence-electron chi connectivity index (χ4n) is 3.17. The molecule has 0 spiro atoms. The molecule has 2 amide bonds. The van der Waals surface area contributed by atoms with Gasteiger partial charge in [0.2, 0.25) is 5.91 Å². The van der Waals surface area contributed by atoms with E-state index < -0.39 is 0 Å². The molecule has 0 saturated carbocycles. The third-order valence-electron chi connectivity index (χ3n) is 4.99. The Bertz CT molecular complexity index is 726. The smallest absolute Gasteiger partial charge is 0.409 e. The number of amides is 2. The average molecular weight is 426 g/mol. The number of benzene rings is 1. The van der Waals surface area contributed by atoms with Crippen molar-refractivity contribution in [2.45, 2.75) is 40.2 Å². The molecule has 1 fully saturated rings. The molecule has 1 aliphatic heterocycles. The maximum absolute atomic E-state index is 12.8. The van der Waals surface area contributed by atoms with E-state index in [0.717, 1.165) is 18.5 Å². The summed E-state index contributed by atoms with van der Waals surface area (Å²) in [6.07, 6.45) is 0.511. The Morgan fingerprint density at radius 1 is 1.17 bits per heavy atom. The van der Waals surface area contributed by atoms with Crippen LogP contribution in [0.5, 0.6) is 5.75 Å². The highest BCUT2D eigenvalue weighted by atomic mass is 35.5. The summed E-state index contributed by atoms with van der Waals surface area (Å²) in [5.41, 5.74) is 1.46. The predicted octanol–water partition coefficient (Wildman–Crippen LogP) is 3.78. The van der Waals surface area contributed by atoms with Crippen molar-refractivity contribution in [3.8, 4) is 5.75 Å². The zero-order valence-corrected chi connectivity index (χ0v) is 18.7. The number of carbonyl (C=O) groups excluding carboxylic acids is 2. The van der Waals surface area contributed by atoms with E-state index in [-0.39, 0.29) is 18.0 Å². The number of anilines is 1. The van der Waals surface area contributed by atoms with Gasteiger partial charge >= 0.3 is 6.09 Å². The standard InChI is InChI=1S/C21H32ClN3O4/c1-14(2)13-29-21(27)25-8-6-7-24(9-10-25)16(4)20(26)23-18-11-15(3)17(22)12-19(18)28-5/h11-12,14,16H,6-10,13H2,1-5H3,(H,23,26). The molecule has 7 nitrogen and oxygen atoms in total. The van der Waals surface area contributed by atoms with Crippen LogP contribution >= 0.6 is 11.6 Å². The van der Waals surface area contributed by atoms with Gasteiger partial charge in [-0.2, -0.15) is 0 Å². The van der Waals surface area contributed by atoms with Gasteiger partial charge in [-0.1, -0.05) is 25.4 Å². The SMILES string of the molecule is COc1cc(Cl)c(C)cc1NC(=O)C(C)N1CCCN(C(=O)OCC(C)C)CC1. The van der Waals surface area contributed by atoms with Gasteiger partial charge in [-0.05, 0) is 37.8 Å². The Balaban J connectivity index is 1.96. The van der Waals surface area contributed by atoms with Crippen LogP contribution in [0.4, 0.5) is 10.5 Å². The van der Waals surface area contributed by atoms with Crippen LogP contribution in [0, 0.1) is 12.8 Å². The monoisotopic (exact) mass is 425 g/mol. The number of rotatable bonds is 6. The minimum absolute atomic E-state index is 0.124. The third-order valence-corrected chi connectivity index (χ3v) is 5.40. The van der Waals surface area contributed by atoms with Crippen molar-refractivity contribution in [2.24, 2.45) is 5.92 Å². The summed E-state index contributed by atoms with van der Waals surface area (Å²) in [6, 6.07) is 3.16. The first-order chi connectivity index (χ1) is 13.7. The molecule has 0 aliphatic carbocycles. The summed E-state index contributed by atoms with van der Waals surface area (Å²) in [6.45, 7) is 10.7. The van der Waals surface area contributed by atoms with Crippen LogP contribution in [-0.2, 0) is 9.53 Å². The lowest BCUT2D eigenvalue weighted by molar-refractivity contribution is -0.120. The Morgan fingerprint density at radius 3 is 2.55 bits per heavy atom. The van der Waals surface area contributed by atoms with Gasteiger partial charge in [0.25, 0.3) is 0 Å². The van der Waals surface area contributed by atoms with E-state index >= 15 is 0 Å². The topological polar surface area (TPSA) is 71.1 Å². The Labute approximate surface area is 178 Å². The van der Waals surface area contributed by atoms with Crippen LogP contribution in [0.2, 0.25) is 5.02 Å². The lowest BCUT2D eigenvalue weighted by atomic mass is 10.2. The highest BCUT2D eigenvalue weighted by Gasteiger charge is 2.27. The fraction of sp³-hybridized carbons (Fsp3) is 0.619. The zero-order valence-electron chi connectivity index (χ0n) is 18.0. The number of halogens is 1. The Kier molecular flexibility index (Phi) is 8.59. The summed E-state index contributed by atoms with van der Waals surface area (Å²) in [5.74, 6) is 0.705. The first-order valence-corrected chi connectivity index (χ1v) is 10.4. The summed E-state index contributed by atoms with van der Waals surface area (Å²) in [4.78, 5) is 28.9. The van der Waals surface area contributed by atoms with Gasteiger partial charge in [-0.3, -0.25) is 9.69 Å². The number of ether oxygens (including phenoxy) is 2.